The predicted molar refractivity (Wildman–Crippen MR) is 149 cm³/mol. The van der Waals surface area contributed by atoms with Gasteiger partial charge in [-0.25, -0.2) is 9.07 Å². The normalized spacial score (nSPS) is 11.8. The Morgan fingerprint density at radius 1 is 0.841 bits per heavy atom. The first kappa shape index (κ1) is 32.2. The lowest BCUT2D eigenvalue weighted by Gasteiger charge is -2.23. The maximum Gasteiger partial charge on any atom is 0.416 e. The minimum Gasteiger partial charge on any atom is -0.329 e. The van der Waals surface area contributed by atoms with E-state index < -0.39 is 53.2 Å². The van der Waals surface area contributed by atoms with Crippen LogP contribution in [-0.2, 0) is 17.1 Å². The van der Waals surface area contributed by atoms with E-state index in [-0.39, 0.29) is 18.4 Å². The topological polar surface area (TPSA) is 67.2 Å². The number of unbranched alkanes of at least 4 members (excludes halogenated alkanes) is 2. The van der Waals surface area contributed by atoms with Crippen LogP contribution >= 0.6 is 0 Å². The number of carbonyl (C=O) groups is 2. The zero-order chi connectivity index (χ0) is 32.1. The van der Waals surface area contributed by atoms with Crippen molar-refractivity contribution in [2.24, 2.45) is 0 Å². The summed E-state index contributed by atoms with van der Waals surface area (Å²) in [5.41, 5.74) is -2.58. The number of aromatic nitrogens is 2. The van der Waals surface area contributed by atoms with Gasteiger partial charge in [0.15, 0.2) is 0 Å². The standard InChI is InChI=1S/C31H27F7N4O2/c1-2-3-7-14-41(29(44)21-15-22(30(33,34)35)17-23(16-21)31(36,37)38)19-28(43)39-27-18-26(20-8-5-4-6-9-20)40-42(27)25-12-10-24(32)11-13-25/h4-6,8-13,15-18H,2-3,7,14,19H2,1H3,(H,39,43). The number of carbonyl (C=O) groups excluding carboxylic acids is 2. The van der Waals surface area contributed by atoms with Crippen LogP contribution in [0.25, 0.3) is 16.9 Å². The fourth-order valence-electron chi connectivity index (χ4n) is 4.42. The van der Waals surface area contributed by atoms with Gasteiger partial charge in [-0.1, -0.05) is 50.1 Å². The summed E-state index contributed by atoms with van der Waals surface area (Å²) in [5.74, 6) is -2.30. The molecular formula is C31H27F7N4O2. The van der Waals surface area contributed by atoms with E-state index in [0.717, 1.165) is 4.90 Å². The largest absolute Gasteiger partial charge is 0.416 e. The predicted octanol–water partition coefficient (Wildman–Crippen LogP) is 7.99. The number of alkyl halides is 6. The fraction of sp³-hybridized carbons (Fsp3) is 0.258. The van der Waals surface area contributed by atoms with Crippen LogP contribution < -0.4 is 5.32 Å². The summed E-state index contributed by atoms with van der Waals surface area (Å²) in [5, 5.41) is 7.13. The van der Waals surface area contributed by atoms with Gasteiger partial charge in [0.2, 0.25) is 5.91 Å². The van der Waals surface area contributed by atoms with Crippen LogP contribution in [0.3, 0.4) is 0 Å². The molecule has 0 radical (unpaired) electrons. The van der Waals surface area contributed by atoms with Crippen LogP contribution in [0, 0.1) is 5.82 Å². The van der Waals surface area contributed by atoms with Crippen molar-refractivity contribution in [1.29, 1.82) is 0 Å². The Morgan fingerprint density at radius 2 is 1.45 bits per heavy atom. The molecule has 2 amide bonds. The highest BCUT2D eigenvalue weighted by molar-refractivity contribution is 5.99. The van der Waals surface area contributed by atoms with Crippen LogP contribution in [0.5, 0.6) is 0 Å². The Bertz CT molecular complexity index is 1570. The number of nitrogens with zero attached hydrogens (tertiary/aromatic N) is 3. The lowest BCUT2D eigenvalue weighted by Crippen LogP contribution is -2.39. The zero-order valence-electron chi connectivity index (χ0n) is 23.3. The van der Waals surface area contributed by atoms with Crippen molar-refractivity contribution >= 4 is 17.6 Å². The Kier molecular flexibility index (Phi) is 9.75. The van der Waals surface area contributed by atoms with Gasteiger partial charge >= 0.3 is 12.4 Å². The quantitative estimate of drug-likeness (QED) is 0.144. The van der Waals surface area contributed by atoms with E-state index >= 15 is 0 Å². The number of nitrogens with one attached hydrogen (secondary N) is 1. The summed E-state index contributed by atoms with van der Waals surface area (Å²) >= 11 is 0. The average molecular weight is 621 g/mol. The van der Waals surface area contributed by atoms with Crippen molar-refractivity contribution in [3.05, 3.63) is 101 Å². The zero-order valence-corrected chi connectivity index (χ0v) is 23.3. The first-order valence-electron chi connectivity index (χ1n) is 13.6. The summed E-state index contributed by atoms with van der Waals surface area (Å²) in [7, 11) is 0. The molecule has 0 bridgehead atoms. The van der Waals surface area contributed by atoms with Crippen LogP contribution in [-0.4, -0.2) is 39.6 Å². The molecular weight excluding hydrogens is 593 g/mol. The van der Waals surface area contributed by atoms with E-state index in [2.05, 4.69) is 10.4 Å². The van der Waals surface area contributed by atoms with Gasteiger partial charge in [-0.2, -0.15) is 31.4 Å². The molecule has 3 aromatic carbocycles. The summed E-state index contributed by atoms with van der Waals surface area (Å²) in [6.45, 7) is 1.10. The molecule has 44 heavy (non-hydrogen) atoms. The van der Waals surface area contributed by atoms with Gasteiger partial charge in [-0.05, 0) is 48.9 Å². The fourth-order valence-corrected chi connectivity index (χ4v) is 4.42. The van der Waals surface area contributed by atoms with Crippen LogP contribution in [0.1, 0.15) is 47.7 Å². The van der Waals surface area contributed by atoms with Crippen molar-refractivity contribution in [3.8, 4) is 16.9 Å². The molecule has 0 aliphatic carbocycles. The molecule has 0 aliphatic rings. The second-order valence-corrected chi connectivity index (χ2v) is 9.95. The lowest BCUT2D eigenvalue weighted by atomic mass is 10.0. The van der Waals surface area contributed by atoms with E-state index in [1.54, 1.807) is 36.4 Å². The molecule has 6 nitrogen and oxygen atoms in total. The van der Waals surface area contributed by atoms with E-state index in [1.807, 2.05) is 6.92 Å². The van der Waals surface area contributed by atoms with E-state index in [0.29, 0.717) is 48.3 Å². The molecule has 0 fully saturated rings. The van der Waals surface area contributed by atoms with Gasteiger partial charge in [-0.3, -0.25) is 9.59 Å². The number of halogens is 7. The summed E-state index contributed by atoms with van der Waals surface area (Å²) in [6, 6.07) is 16.3. The monoisotopic (exact) mass is 620 g/mol. The van der Waals surface area contributed by atoms with Gasteiger partial charge in [0.05, 0.1) is 22.5 Å². The molecule has 232 valence electrons. The van der Waals surface area contributed by atoms with Crippen LogP contribution in [0.2, 0.25) is 0 Å². The van der Waals surface area contributed by atoms with E-state index in [1.165, 1.54) is 28.9 Å². The molecule has 0 unspecified atom stereocenters. The number of amides is 2. The molecule has 0 saturated heterocycles. The lowest BCUT2D eigenvalue weighted by molar-refractivity contribution is -0.143. The first-order valence-corrected chi connectivity index (χ1v) is 13.6. The third kappa shape index (κ3) is 8.03. The Morgan fingerprint density at radius 3 is 2.02 bits per heavy atom. The highest BCUT2D eigenvalue weighted by atomic mass is 19.4. The number of anilines is 1. The summed E-state index contributed by atoms with van der Waals surface area (Å²) in [4.78, 5) is 27.5. The van der Waals surface area contributed by atoms with Crippen molar-refractivity contribution in [1.82, 2.24) is 14.7 Å². The van der Waals surface area contributed by atoms with Gasteiger partial charge in [-0.15, -0.1) is 0 Å². The maximum atomic E-state index is 13.6. The highest BCUT2D eigenvalue weighted by Crippen LogP contribution is 2.36. The second-order valence-electron chi connectivity index (χ2n) is 9.95. The van der Waals surface area contributed by atoms with Crippen molar-refractivity contribution < 1.29 is 40.3 Å². The summed E-state index contributed by atoms with van der Waals surface area (Å²) < 4.78 is 95.6. The van der Waals surface area contributed by atoms with Crippen LogP contribution in [0.4, 0.5) is 36.6 Å². The molecule has 4 rings (SSSR count). The van der Waals surface area contributed by atoms with Crippen molar-refractivity contribution in [2.45, 2.75) is 38.5 Å². The molecule has 1 heterocycles. The molecule has 0 aliphatic heterocycles. The average Bonchev–Trinajstić information content (AvgIpc) is 3.39. The number of benzene rings is 3. The smallest absolute Gasteiger partial charge is 0.329 e. The van der Waals surface area contributed by atoms with Crippen LogP contribution in [0.15, 0.2) is 78.9 Å². The third-order valence-corrected chi connectivity index (χ3v) is 6.61. The number of rotatable bonds is 10. The van der Waals surface area contributed by atoms with Gasteiger partial charge in [0, 0.05) is 23.7 Å². The van der Waals surface area contributed by atoms with Gasteiger partial charge in [0.25, 0.3) is 5.91 Å². The Balaban J connectivity index is 1.66. The molecule has 0 spiro atoms. The van der Waals surface area contributed by atoms with Gasteiger partial charge in [0.1, 0.15) is 18.2 Å². The minimum absolute atomic E-state index is 0.0637. The molecule has 4 aromatic rings. The van der Waals surface area contributed by atoms with Crippen molar-refractivity contribution in [3.63, 3.8) is 0 Å². The summed E-state index contributed by atoms with van der Waals surface area (Å²) in [6.07, 6.45) is -8.63. The number of hydrogen-bond acceptors (Lipinski definition) is 3. The van der Waals surface area contributed by atoms with Crippen molar-refractivity contribution in [2.75, 3.05) is 18.4 Å². The third-order valence-electron chi connectivity index (χ3n) is 6.61. The second kappa shape index (κ2) is 13.3. The molecule has 0 saturated carbocycles. The Labute approximate surface area is 248 Å². The first-order chi connectivity index (χ1) is 20.8. The minimum atomic E-state index is -5.14. The SMILES string of the molecule is CCCCCN(CC(=O)Nc1cc(-c2ccccc2)nn1-c1ccc(F)cc1)C(=O)c1cc(C(F)(F)F)cc(C(F)(F)F)c1. The molecule has 13 heteroatoms. The molecule has 0 atom stereocenters. The van der Waals surface area contributed by atoms with E-state index in [4.69, 9.17) is 0 Å². The highest BCUT2D eigenvalue weighted by Gasteiger charge is 2.38. The molecule has 1 aromatic heterocycles. The van der Waals surface area contributed by atoms with E-state index in [9.17, 15) is 40.3 Å². The maximum absolute atomic E-state index is 13.6. The Hall–Kier alpha value is -4.68. The molecule has 1 N–H and O–H groups in total. The number of hydrogen-bond donors (Lipinski definition) is 1. The van der Waals surface area contributed by atoms with Gasteiger partial charge < -0.3 is 10.2 Å².